The average molecular weight is 215 g/mol. The summed E-state index contributed by atoms with van der Waals surface area (Å²) in [5.41, 5.74) is 10.3. The topological polar surface area (TPSA) is 43.8 Å². The summed E-state index contributed by atoms with van der Waals surface area (Å²) in [6.45, 7) is 6.06. The number of hydrogen-bond donors (Lipinski definition) is 1. The molecule has 2 N–H and O–H groups in total. The van der Waals surface area contributed by atoms with E-state index >= 15 is 0 Å². The molecule has 0 saturated heterocycles. The van der Waals surface area contributed by atoms with Gasteiger partial charge in [-0.3, -0.25) is 0 Å². The summed E-state index contributed by atoms with van der Waals surface area (Å²) in [7, 11) is 0. The van der Waals surface area contributed by atoms with Gasteiger partial charge in [-0.15, -0.1) is 0 Å². The Morgan fingerprint density at radius 1 is 1.19 bits per heavy atom. The van der Waals surface area contributed by atoms with E-state index in [1.54, 1.807) is 0 Å². The van der Waals surface area contributed by atoms with Crippen LogP contribution < -0.4 is 5.73 Å². The summed E-state index contributed by atoms with van der Waals surface area (Å²) in [6.07, 6.45) is 0. The zero-order valence-corrected chi connectivity index (χ0v) is 9.94. The molecule has 0 radical (unpaired) electrons. The number of nitrogens with two attached hydrogens (primary N) is 1. The first kappa shape index (κ1) is 10.9. The van der Waals surface area contributed by atoms with Crippen molar-refractivity contribution in [1.82, 2.24) is 9.78 Å². The second-order valence-corrected chi connectivity index (χ2v) is 4.12. The molecule has 0 aliphatic heterocycles. The first-order valence-corrected chi connectivity index (χ1v) is 5.48. The molecule has 84 valence electrons. The van der Waals surface area contributed by atoms with Gasteiger partial charge in [0.05, 0.1) is 11.4 Å². The molecule has 1 aromatic heterocycles. The van der Waals surface area contributed by atoms with E-state index in [2.05, 4.69) is 12.0 Å². The standard InChI is InChI=1S/C13H17N3/c1-9(14)13-10(2)15-16(11(13)3)12-7-5-4-6-8-12/h4-9H,14H2,1-3H3. The summed E-state index contributed by atoms with van der Waals surface area (Å²) < 4.78 is 1.95. The van der Waals surface area contributed by atoms with Crippen LogP contribution in [0.5, 0.6) is 0 Å². The van der Waals surface area contributed by atoms with Crippen molar-refractivity contribution in [2.45, 2.75) is 26.8 Å². The highest BCUT2D eigenvalue weighted by Crippen LogP contribution is 2.22. The molecule has 0 fully saturated rings. The van der Waals surface area contributed by atoms with Crippen molar-refractivity contribution in [2.24, 2.45) is 5.73 Å². The first-order valence-electron chi connectivity index (χ1n) is 5.48. The molecule has 2 aromatic rings. The predicted octanol–water partition coefficient (Wildman–Crippen LogP) is 2.51. The Morgan fingerprint density at radius 3 is 2.31 bits per heavy atom. The molecule has 0 aliphatic carbocycles. The Kier molecular flexibility index (Phi) is 2.79. The van der Waals surface area contributed by atoms with E-state index in [0.29, 0.717) is 0 Å². The lowest BCUT2D eigenvalue weighted by molar-refractivity contribution is 0.795. The number of rotatable bonds is 2. The van der Waals surface area contributed by atoms with Crippen LogP contribution in [0.25, 0.3) is 5.69 Å². The van der Waals surface area contributed by atoms with Crippen LogP contribution in [0.15, 0.2) is 30.3 Å². The summed E-state index contributed by atoms with van der Waals surface area (Å²) >= 11 is 0. The minimum absolute atomic E-state index is 0.0254. The van der Waals surface area contributed by atoms with Crippen LogP contribution in [-0.4, -0.2) is 9.78 Å². The molecule has 3 heteroatoms. The second kappa shape index (κ2) is 4.10. The summed E-state index contributed by atoms with van der Waals surface area (Å²) in [6, 6.07) is 10.1. The van der Waals surface area contributed by atoms with Gasteiger partial charge in [-0.1, -0.05) is 18.2 Å². The van der Waals surface area contributed by atoms with Crippen molar-refractivity contribution in [3.8, 4) is 5.69 Å². The smallest absolute Gasteiger partial charge is 0.0648 e. The average Bonchev–Trinajstić information content (AvgIpc) is 2.55. The van der Waals surface area contributed by atoms with Crippen LogP contribution in [0.2, 0.25) is 0 Å². The Hall–Kier alpha value is -1.61. The maximum Gasteiger partial charge on any atom is 0.0648 e. The zero-order valence-electron chi connectivity index (χ0n) is 9.94. The van der Waals surface area contributed by atoms with E-state index in [0.717, 1.165) is 22.6 Å². The van der Waals surface area contributed by atoms with E-state index < -0.39 is 0 Å². The lowest BCUT2D eigenvalue weighted by Gasteiger charge is -2.07. The Bertz CT molecular complexity index is 483. The fourth-order valence-corrected chi connectivity index (χ4v) is 2.13. The third-order valence-electron chi connectivity index (χ3n) is 2.80. The monoisotopic (exact) mass is 215 g/mol. The van der Waals surface area contributed by atoms with Crippen molar-refractivity contribution in [2.75, 3.05) is 0 Å². The normalized spacial score (nSPS) is 12.8. The molecule has 0 aliphatic rings. The molecule has 0 bridgehead atoms. The number of aromatic nitrogens is 2. The van der Waals surface area contributed by atoms with Gasteiger partial charge in [-0.25, -0.2) is 4.68 Å². The van der Waals surface area contributed by atoms with Gasteiger partial charge >= 0.3 is 0 Å². The number of benzene rings is 1. The van der Waals surface area contributed by atoms with Crippen molar-refractivity contribution in [3.05, 3.63) is 47.3 Å². The van der Waals surface area contributed by atoms with Crippen molar-refractivity contribution in [3.63, 3.8) is 0 Å². The SMILES string of the molecule is Cc1nn(-c2ccccc2)c(C)c1C(C)N. The van der Waals surface area contributed by atoms with Crippen LogP contribution in [0.4, 0.5) is 0 Å². The van der Waals surface area contributed by atoms with Crippen LogP contribution >= 0.6 is 0 Å². The fourth-order valence-electron chi connectivity index (χ4n) is 2.13. The Balaban J connectivity index is 2.56. The molecule has 16 heavy (non-hydrogen) atoms. The van der Waals surface area contributed by atoms with Crippen LogP contribution in [0.3, 0.4) is 0 Å². The fraction of sp³-hybridized carbons (Fsp3) is 0.308. The van der Waals surface area contributed by atoms with Gasteiger partial charge < -0.3 is 5.73 Å². The van der Waals surface area contributed by atoms with E-state index in [-0.39, 0.29) is 6.04 Å². The molecule has 0 amide bonds. The minimum Gasteiger partial charge on any atom is -0.324 e. The number of nitrogens with zero attached hydrogens (tertiary/aromatic N) is 2. The van der Waals surface area contributed by atoms with Gasteiger partial charge in [0.25, 0.3) is 0 Å². The molecule has 1 atom stereocenters. The van der Waals surface area contributed by atoms with Gasteiger partial charge in [0.2, 0.25) is 0 Å². The van der Waals surface area contributed by atoms with E-state index in [1.165, 1.54) is 0 Å². The number of para-hydroxylation sites is 1. The van der Waals surface area contributed by atoms with E-state index in [9.17, 15) is 0 Å². The quantitative estimate of drug-likeness (QED) is 0.836. The van der Waals surface area contributed by atoms with Gasteiger partial charge in [-0.2, -0.15) is 5.10 Å². The molecule has 1 heterocycles. The second-order valence-electron chi connectivity index (χ2n) is 4.12. The van der Waals surface area contributed by atoms with Gasteiger partial charge in [0, 0.05) is 17.3 Å². The Labute approximate surface area is 95.9 Å². The summed E-state index contributed by atoms with van der Waals surface area (Å²) in [4.78, 5) is 0. The number of hydrogen-bond acceptors (Lipinski definition) is 2. The molecule has 0 saturated carbocycles. The zero-order chi connectivity index (χ0) is 11.7. The summed E-state index contributed by atoms with van der Waals surface area (Å²) in [5.74, 6) is 0. The molecule has 1 unspecified atom stereocenters. The molecule has 3 nitrogen and oxygen atoms in total. The maximum absolute atomic E-state index is 5.95. The van der Waals surface area contributed by atoms with Gasteiger partial charge in [0.1, 0.15) is 0 Å². The third-order valence-corrected chi connectivity index (χ3v) is 2.80. The predicted molar refractivity (Wildman–Crippen MR) is 65.6 cm³/mol. The minimum atomic E-state index is 0.0254. The lowest BCUT2D eigenvalue weighted by atomic mass is 10.1. The van der Waals surface area contributed by atoms with E-state index in [1.807, 2.05) is 48.9 Å². The highest BCUT2D eigenvalue weighted by molar-refractivity contribution is 5.37. The highest BCUT2D eigenvalue weighted by atomic mass is 15.3. The van der Waals surface area contributed by atoms with E-state index in [4.69, 9.17) is 5.73 Å². The molecule has 0 spiro atoms. The van der Waals surface area contributed by atoms with Crippen molar-refractivity contribution >= 4 is 0 Å². The Morgan fingerprint density at radius 2 is 1.81 bits per heavy atom. The number of aryl methyl sites for hydroxylation is 1. The van der Waals surface area contributed by atoms with Crippen LogP contribution in [0.1, 0.15) is 29.9 Å². The van der Waals surface area contributed by atoms with Gasteiger partial charge in [0.15, 0.2) is 0 Å². The first-order chi connectivity index (χ1) is 7.61. The highest BCUT2D eigenvalue weighted by Gasteiger charge is 2.15. The molecular weight excluding hydrogens is 198 g/mol. The van der Waals surface area contributed by atoms with Crippen LogP contribution in [-0.2, 0) is 0 Å². The van der Waals surface area contributed by atoms with Gasteiger partial charge in [-0.05, 0) is 32.9 Å². The van der Waals surface area contributed by atoms with Crippen molar-refractivity contribution in [1.29, 1.82) is 0 Å². The molecular formula is C13H17N3. The van der Waals surface area contributed by atoms with Crippen LogP contribution in [0, 0.1) is 13.8 Å². The largest absolute Gasteiger partial charge is 0.324 e. The molecule has 1 aromatic carbocycles. The third kappa shape index (κ3) is 1.74. The summed E-state index contributed by atoms with van der Waals surface area (Å²) in [5, 5.41) is 4.54. The van der Waals surface area contributed by atoms with Crippen molar-refractivity contribution < 1.29 is 0 Å². The molecule has 2 rings (SSSR count). The lowest BCUT2D eigenvalue weighted by Crippen LogP contribution is -2.07. The maximum atomic E-state index is 5.95.